The molecule has 1 N–H and O–H groups in total. The van der Waals surface area contributed by atoms with Crippen LogP contribution in [-0.4, -0.2) is 20.5 Å². The van der Waals surface area contributed by atoms with Gasteiger partial charge in [0.2, 0.25) is 0 Å². The van der Waals surface area contributed by atoms with E-state index in [0.29, 0.717) is 6.42 Å². The summed E-state index contributed by atoms with van der Waals surface area (Å²) >= 11 is 5.10. The molecule has 0 aliphatic rings. The highest BCUT2D eigenvalue weighted by atomic mass is 35.5. The van der Waals surface area contributed by atoms with Crippen LogP contribution in [0.25, 0.3) is 0 Å². The lowest BCUT2D eigenvalue weighted by atomic mass is 10.0. The smallest absolute Gasteiger partial charge is 0.349 e. The van der Waals surface area contributed by atoms with Gasteiger partial charge in [-0.25, -0.2) is 4.79 Å². The molecule has 0 aromatic heterocycles. The van der Waals surface area contributed by atoms with E-state index in [1.54, 1.807) is 20.8 Å². The van der Waals surface area contributed by atoms with E-state index >= 15 is 0 Å². The number of rotatable bonds is 6. The van der Waals surface area contributed by atoms with Gasteiger partial charge in [-0.15, -0.1) is 0 Å². The lowest BCUT2D eigenvalue weighted by molar-refractivity contribution is 0.0692. The van der Waals surface area contributed by atoms with Crippen LogP contribution in [0.3, 0.4) is 0 Å². The summed E-state index contributed by atoms with van der Waals surface area (Å²) in [6.07, 6.45) is 0.695. The molecule has 0 heterocycles. The van der Waals surface area contributed by atoms with Gasteiger partial charge in [-0.1, -0.05) is 20.8 Å². The normalized spacial score (nSPS) is 14.8. The quantitative estimate of drug-likeness (QED) is 0.793. The molecule has 0 bridgehead atoms. The Bertz CT molecular complexity index is 570. The molecule has 0 spiro atoms. The summed E-state index contributed by atoms with van der Waals surface area (Å²) in [7, 11) is -1.75. The zero-order valence-corrected chi connectivity index (χ0v) is 13.5. The van der Waals surface area contributed by atoms with E-state index in [4.69, 9.17) is 11.6 Å². The maximum absolute atomic E-state index is 13.6. The van der Waals surface area contributed by atoms with Gasteiger partial charge in [-0.2, -0.15) is 8.78 Å². The van der Waals surface area contributed by atoms with Crippen LogP contribution in [0.15, 0.2) is 17.0 Å². The van der Waals surface area contributed by atoms with Crippen molar-refractivity contribution < 1.29 is 22.9 Å². The molecule has 118 valence electrons. The van der Waals surface area contributed by atoms with E-state index < -0.39 is 27.7 Å². The van der Waals surface area contributed by atoms with Gasteiger partial charge in [-0.05, 0) is 42.1 Å². The summed E-state index contributed by atoms with van der Waals surface area (Å²) in [5, 5.41) is 5.10. The average Bonchev–Trinajstić information content (AvgIpc) is 2.42. The first-order chi connectivity index (χ1) is 9.65. The number of hydrogen-bond donors (Lipinski definition) is 1. The number of aromatic carboxylic acids is 1. The maximum Gasteiger partial charge on any atom is 0.349 e. The van der Waals surface area contributed by atoms with E-state index in [1.807, 2.05) is 0 Å². The van der Waals surface area contributed by atoms with Gasteiger partial charge in [0.15, 0.2) is 0 Å². The molecule has 0 aliphatic carbocycles. The number of carboxylic acid groups (broad SMARTS) is 1. The molecule has 0 saturated heterocycles. The van der Waals surface area contributed by atoms with Crippen LogP contribution in [0, 0.1) is 0 Å². The third-order valence-electron chi connectivity index (χ3n) is 3.29. The van der Waals surface area contributed by atoms with Crippen LogP contribution < -0.4 is 0 Å². The molecule has 0 fully saturated rings. The maximum atomic E-state index is 13.6. The highest BCUT2D eigenvalue weighted by Gasteiger charge is 2.36. The Balaban J connectivity index is 3.71. The number of hydrogen-bond acceptors (Lipinski definition) is 2. The second-order valence-corrected chi connectivity index (χ2v) is 6.92. The van der Waals surface area contributed by atoms with Crippen molar-refractivity contribution in [1.82, 2.24) is 0 Å². The Hall–Kier alpha value is -1.01. The van der Waals surface area contributed by atoms with Gasteiger partial charge in [-0.3, -0.25) is 4.21 Å². The lowest BCUT2D eigenvalue weighted by Crippen LogP contribution is -2.19. The molecule has 0 saturated carbocycles. The van der Waals surface area contributed by atoms with Gasteiger partial charge in [0, 0.05) is 5.25 Å². The van der Waals surface area contributed by atoms with E-state index in [2.05, 4.69) is 0 Å². The van der Waals surface area contributed by atoms with E-state index in [-0.39, 0.29) is 27.7 Å². The van der Waals surface area contributed by atoms with E-state index in [1.165, 1.54) is 0 Å². The molecule has 1 aromatic carbocycles. The standard InChI is InChI=1S/C14H17ClF2O3S/c1-4-8(3)21(20)12-9(5-2)10(13(18)19)6-7-11(12)14(15,16)17/h6-8H,4-5H2,1-3H3,(H,18,19)/t8-,21+/m1/s1. The molecule has 0 amide bonds. The minimum atomic E-state index is -3.70. The molecule has 2 atom stereocenters. The monoisotopic (exact) mass is 338 g/mol. The summed E-state index contributed by atoms with van der Waals surface area (Å²) in [4.78, 5) is 11.1. The highest BCUT2D eigenvalue weighted by molar-refractivity contribution is 7.85. The number of alkyl halides is 3. The Morgan fingerprint density at radius 1 is 1.43 bits per heavy atom. The van der Waals surface area contributed by atoms with Gasteiger partial charge in [0.1, 0.15) is 0 Å². The second-order valence-electron chi connectivity index (χ2n) is 4.64. The molecule has 0 unspecified atom stereocenters. The SMILES string of the molecule is CCc1c(C(=O)O)ccc(C(F)(F)Cl)c1[S@@](=O)[C@H](C)CC. The first-order valence-electron chi connectivity index (χ1n) is 6.52. The summed E-state index contributed by atoms with van der Waals surface area (Å²) in [6.45, 7) is 5.09. The molecule has 0 radical (unpaired) electrons. The van der Waals surface area contributed by atoms with Gasteiger partial charge >= 0.3 is 11.4 Å². The molecular weight excluding hydrogens is 322 g/mol. The first-order valence-corrected chi connectivity index (χ1v) is 8.11. The van der Waals surface area contributed by atoms with Crippen LogP contribution in [0.2, 0.25) is 0 Å². The Morgan fingerprint density at radius 2 is 2.00 bits per heavy atom. The Kier molecular flexibility index (Phi) is 5.87. The number of carbonyl (C=O) groups is 1. The summed E-state index contributed by atoms with van der Waals surface area (Å²) < 4.78 is 39.7. The van der Waals surface area contributed by atoms with Gasteiger partial charge in [0.05, 0.1) is 26.8 Å². The number of carboxylic acids is 1. The minimum absolute atomic E-state index is 0.117. The van der Waals surface area contributed by atoms with Crippen molar-refractivity contribution in [3.8, 4) is 0 Å². The Labute approximate surface area is 129 Å². The van der Waals surface area contributed by atoms with Crippen molar-refractivity contribution in [1.29, 1.82) is 0 Å². The van der Waals surface area contributed by atoms with Crippen molar-refractivity contribution >= 4 is 28.4 Å². The number of halogens is 3. The van der Waals surface area contributed by atoms with Crippen molar-refractivity contribution in [2.75, 3.05) is 0 Å². The molecular formula is C14H17ClF2O3S. The van der Waals surface area contributed by atoms with E-state index in [9.17, 15) is 22.9 Å². The van der Waals surface area contributed by atoms with Crippen LogP contribution in [0.1, 0.15) is 48.7 Å². The molecule has 1 aromatic rings. The van der Waals surface area contributed by atoms with Crippen LogP contribution in [0.5, 0.6) is 0 Å². The van der Waals surface area contributed by atoms with Crippen molar-refractivity contribution in [2.45, 2.75) is 49.1 Å². The van der Waals surface area contributed by atoms with Crippen molar-refractivity contribution in [3.05, 3.63) is 28.8 Å². The van der Waals surface area contributed by atoms with Gasteiger partial charge < -0.3 is 5.11 Å². The van der Waals surface area contributed by atoms with Crippen LogP contribution in [0.4, 0.5) is 8.78 Å². The molecule has 7 heteroatoms. The highest BCUT2D eigenvalue weighted by Crippen LogP contribution is 2.39. The number of benzene rings is 1. The zero-order valence-electron chi connectivity index (χ0n) is 12.0. The van der Waals surface area contributed by atoms with Gasteiger partial charge in [0.25, 0.3) is 0 Å². The third kappa shape index (κ3) is 3.80. The third-order valence-corrected chi connectivity index (χ3v) is 5.43. The summed E-state index contributed by atoms with van der Waals surface area (Å²) in [6, 6.07) is 2.04. The zero-order chi connectivity index (χ0) is 16.4. The van der Waals surface area contributed by atoms with E-state index in [0.717, 1.165) is 12.1 Å². The average molecular weight is 339 g/mol. The predicted molar refractivity (Wildman–Crippen MR) is 78.7 cm³/mol. The van der Waals surface area contributed by atoms with Crippen molar-refractivity contribution in [3.63, 3.8) is 0 Å². The van der Waals surface area contributed by atoms with Crippen LogP contribution in [-0.2, 0) is 22.6 Å². The molecule has 21 heavy (non-hydrogen) atoms. The summed E-state index contributed by atoms with van der Waals surface area (Å²) in [5.41, 5.74) is -0.544. The van der Waals surface area contributed by atoms with Crippen molar-refractivity contribution in [2.24, 2.45) is 0 Å². The fourth-order valence-corrected chi connectivity index (χ4v) is 3.81. The first kappa shape index (κ1) is 18.0. The predicted octanol–water partition coefficient (Wildman–Crippen LogP) is 4.14. The lowest BCUT2D eigenvalue weighted by Gasteiger charge is -2.20. The minimum Gasteiger partial charge on any atom is -0.478 e. The molecule has 3 nitrogen and oxygen atoms in total. The molecule has 0 aliphatic heterocycles. The van der Waals surface area contributed by atoms with Crippen LogP contribution >= 0.6 is 11.6 Å². The summed E-state index contributed by atoms with van der Waals surface area (Å²) in [5.74, 6) is -1.24. The topological polar surface area (TPSA) is 54.4 Å². The second kappa shape index (κ2) is 6.83. The molecule has 1 rings (SSSR count). The largest absolute Gasteiger partial charge is 0.478 e. The fraction of sp³-hybridized carbons (Fsp3) is 0.500. The fourth-order valence-electron chi connectivity index (χ4n) is 1.98. The Morgan fingerprint density at radius 3 is 2.38 bits per heavy atom.